The van der Waals surface area contributed by atoms with Crippen molar-refractivity contribution < 1.29 is 0 Å². The Balaban J connectivity index is 1.54. The molecule has 2 aromatic heterocycles. The number of fused-ring (bicyclic) bond motifs is 6. The molecule has 7 aromatic rings. The molecule has 0 saturated heterocycles. The van der Waals surface area contributed by atoms with Crippen LogP contribution < -0.4 is 0 Å². The summed E-state index contributed by atoms with van der Waals surface area (Å²) in [6.45, 7) is 6.11. The Hall–Kier alpha value is -5.84. The highest BCUT2D eigenvalue weighted by Gasteiger charge is 2.18. The summed E-state index contributed by atoms with van der Waals surface area (Å²) in [4.78, 5) is 0. The van der Waals surface area contributed by atoms with Crippen molar-refractivity contribution in [2.75, 3.05) is 0 Å². The second kappa shape index (κ2) is 9.42. The van der Waals surface area contributed by atoms with Gasteiger partial charge < -0.3 is 9.13 Å². The average Bonchev–Trinajstić information content (AvgIpc) is 3.54. The van der Waals surface area contributed by atoms with Gasteiger partial charge in [-0.25, -0.2) is 0 Å². The van der Waals surface area contributed by atoms with Crippen LogP contribution >= 0.6 is 0 Å². The lowest BCUT2D eigenvalue weighted by molar-refractivity contribution is 1.17. The zero-order chi connectivity index (χ0) is 28.1. The number of allylic oxidation sites excluding steroid dienone is 3. The van der Waals surface area contributed by atoms with Gasteiger partial charge in [0.05, 0.1) is 45.3 Å². The molecule has 0 aliphatic carbocycles. The fraction of sp³-hybridized carbons (Fsp3) is 0.0270. The monoisotopic (exact) mass is 524 g/mol. The molecule has 4 nitrogen and oxygen atoms in total. The first-order chi connectivity index (χ1) is 20.2. The first-order valence-electron chi connectivity index (χ1n) is 13.5. The number of nitriles is 2. The van der Waals surface area contributed by atoms with E-state index in [1.54, 1.807) is 6.07 Å². The van der Waals surface area contributed by atoms with Crippen molar-refractivity contribution in [3.63, 3.8) is 0 Å². The topological polar surface area (TPSA) is 57.4 Å². The zero-order valence-electron chi connectivity index (χ0n) is 22.5. The summed E-state index contributed by atoms with van der Waals surface area (Å²) in [7, 11) is 0. The van der Waals surface area contributed by atoms with E-state index in [9.17, 15) is 10.5 Å². The van der Waals surface area contributed by atoms with E-state index in [1.807, 2.05) is 37.3 Å². The molecule has 192 valence electrons. The van der Waals surface area contributed by atoms with Gasteiger partial charge in [0, 0.05) is 32.9 Å². The quantitative estimate of drug-likeness (QED) is 0.215. The molecule has 0 radical (unpaired) electrons. The van der Waals surface area contributed by atoms with Crippen molar-refractivity contribution in [1.29, 1.82) is 10.5 Å². The van der Waals surface area contributed by atoms with Gasteiger partial charge in [0.25, 0.3) is 0 Å². The molecule has 0 bridgehead atoms. The summed E-state index contributed by atoms with van der Waals surface area (Å²) in [5.41, 5.74) is 9.38. The Morgan fingerprint density at radius 2 is 1.34 bits per heavy atom. The Bertz CT molecular complexity index is 2280. The van der Waals surface area contributed by atoms with Crippen molar-refractivity contribution in [2.24, 2.45) is 0 Å². The fourth-order valence-electron chi connectivity index (χ4n) is 6.16. The Morgan fingerprint density at radius 3 is 2.05 bits per heavy atom. The second-order valence-electron chi connectivity index (χ2n) is 10.0. The molecular formula is C37H24N4. The number of hydrogen-bond acceptors (Lipinski definition) is 2. The van der Waals surface area contributed by atoms with Gasteiger partial charge in [0.15, 0.2) is 0 Å². The van der Waals surface area contributed by atoms with Gasteiger partial charge in [0.1, 0.15) is 0 Å². The van der Waals surface area contributed by atoms with Crippen LogP contribution in [0.3, 0.4) is 0 Å². The predicted octanol–water partition coefficient (Wildman–Crippen LogP) is 9.35. The van der Waals surface area contributed by atoms with Crippen LogP contribution in [0, 0.1) is 22.7 Å². The minimum Gasteiger partial charge on any atom is -0.310 e. The third-order valence-corrected chi connectivity index (χ3v) is 7.88. The molecule has 0 amide bonds. The summed E-state index contributed by atoms with van der Waals surface area (Å²) in [6.07, 6.45) is 3.99. The summed E-state index contributed by atoms with van der Waals surface area (Å²) in [6, 6.07) is 39.6. The molecular weight excluding hydrogens is 500 g/mol. The minimum absolute atomic E-state index is 0.463. The van der Waals surface area contributed by atoms with Crippen LogP contribution in [0.2, 0.25) is 0 Å². The lowest BCUT2D eigenvalue weighted by Gasteiger charge is -2.10. The predicted molar refractivity (Wildman–Crippen MR) is 169 cm³/mol. The van der Waals surface area contributed by atoms with Gasteiger partial charge in [-0.1, -0.05) is 67.3 Å². The van der Waals surface area contributed by atoms with E-state index in [0.29, 0.717) is 11.1 Å². The first kappa shape index (κ1) is 24.2. The number of hydrogen-bond donors (Lipinski definition) is 0. The van der Waals surface area contributed by atoms with E-state index in [4.69, 9.17) is 0 Å². The van der Waals surface area contributed by atoms with E-state index in [2.05, 4.69) is 107 Å². The van der Waals surface area contributed by atoms with Crippen molar-refractivity contribution in [3.05, 3.63) is 133 Å². The SMILES string of the molecule is C=C/C(=C\C)n1c2ccccc2c2c(-c3ccc4c(c3)c3ccccc3n4-c3cc(C#N)cc(C#N)c3)cccc21. The van der Waals surface area contributed by atoms with Crippen LogP contribution in [0.5, 0.6) is 0 Å². The molecule has 41 heavy (non-hydrogen) atoms. The molecule has 0 aliphatic rings. The zero-order valence-corrected chi connectivity index (χ0v) is 22.5. The smallest absolute Gasteiger partial charge is 0.0992 e. The van der Waals surface area contributed by atoms with Crippen LogP contribution in [0.1, 0.15) is 18.1 Å². The number of rotatable bonds is 4. The maximum absolute atomic E-state index is 9.62. The third-order valence-electron chi connectivity index (χ3n) is 7.88. The van der Waals surface area contributed by atoms with E-state index in [1.165, 1.54) is 10.8 Å². The highest BCUT2D eigenvalue weighted by Crippen LogP contribution is 2.41. The van der Waals surface area contributed by atoms with Crippen LogP contribution in [-0.4, -0.2) is 9.13 Å². The van der Waals surface area contributed by atoms with Gasteiger partial charge in [0.2, 0.25) is 0 Å². The van der Waals surface area contributed by atoms with Gasteiger partial charge in [-0.2, -0.15) is 10.5 Å². The van der Waals surface area contributed by atoms with Crippen molar-refractivity contribution in [2.45, 2.75) is 6.92 Å². The highest BCUT2D eigenvalue weighted by molar-refractivity contribution is 6.18. The Labute approximate surface area is 237 Å². The highest BCUT2D eigenvalue weighted by atomic mass is 15.0. The molecule has 0 saturated carbocycles. The molecule has 0 spiro atoms. The molecule has 0 aliphatic heterocycles. The number of nitrogens with zero attached hydrogens (tertiary/aromatic N) is 4. The second-order valence-corrected chi connectivity index (χ2v) is 10.0. The minimum atomic E-state index is 0.463. The fourth-order valence-corrected chi connectivity index (χ4v) is 6.16. The van der Waals surface area contributed by atoms with Gasteiger partial charge in [-0.05, 0) is 72.7 Å². The molecule has 0 unspecified atom stereocenters. The summed E-state index contributed by atoms with van der Waals surface area (Å²) in [5.74, 6) is 0. The molecule has 7 rings (SSSR count). The first-order valence-corrected chi connectivity index (χ1v) is 13.5. The molecule has 0 N–H and O–H groups in total. The van der Waals surface area contributed by atoms with Gasteiger partial charge in [-0.15, -0.1) is 0 Å². The van der Waals surface area contributed by atoms with Crippen molar-refractivity contribution >= 4 is 49.3 Å². The van der Waals surface area contributed by atoms with E-state index in [-0.39, 0.29) is 0 Å². The third kappa shape index (κ3) is 3.59. The summed E-state index contributed by atoms with van der Waals surface area (Å²) >= 11 is 0. The van der Waals surface area contributed by atoms with Gasteiger partial charge in [-0.3, -0.25) is 0 Å². The largest absolute Gasteiger partial charge is 0.310 e. The molecule has 0 atom stereocenters. The number of benzene rings is 5. The van der Waals surface area contributed by atoms with Crippen LogP contribution in [0.4, 0.5) is 0 Å². The maximum atomic E-state index is 9.62. The summed E-state index contributed by atoms with van der Waals surface area (Å²) in [5, 5.41) is 23.9. The normalized spacial score (nSPS) is 11.7. The lowest BCUT2D eigenvalue weighted by atomic mass is 9.98. The summed E-state index contributed by atoms with van der Waals surface area (Å²) < 4.78 is 4.42. The number of aromatic nitrogens is 2. The van der Waals surface area contributed by atoms with E-state index in [0.717, 1.165) is 55.4 Å². The molecule has 0 fully saturated rings. The van der Waals surface area contributed by atoms with Crippen LogP contribution in [0.15, 0.2) is 122 Å². The lowest BCUT2D eigenvalue weighted by Crippen LogP contribution is -1.96. The standard InChI is InChI=1S/C37H24N4/c1-3-27(4-2)40-34-14-8-6-11-31(34)37-29(12-9-15-36(37)40)26-16-17-35-32(21-26)30-10-5-7-13-33(30)41(35)28-19-24(22-38)18-25(20-28)23-39/h3-21H,1H2,2H3/b27-4+. The van der Waals surface area contributed by atoms with Crippen molar-refractivity contribution in [1.82, 2.24) is 9.13 Å². The molecule has 5 aromatic carbocycles. The number of para-hydroxylation sites is 2. The average molecular weight is 525 g/mol. The van der Waals surface area contributed by atoms with Crippen LogP contribution in [0.25, 0.3) is 66.1 Å². The van der Waals surface area contributed by atoms with E-state index < -0.39 is 0 Å². The van der Waals surface area contributed by atoms with Crippen molar-refractivity contribution in [3.8, 4) is 29.0 Å². The molecule has 4 heteroatoms. The van der Waals surface area contributed by atoms with Gasteiger partial charge >= 0.3 is 0 Å². The molecule has 2 heterocycles. The maximum Gasteiger partial charge on any atom is 0.0992 e. The Kier molecular flexibility index (Phi) is 5.56. The van der Waals surface area contributed by atoms with Crippen LogP contribution in [-0.2, 0) is 0 Å². The Morgan fingerprint density at radius 1 is 0.683 bits per heavy atom. The van der Waals surface area contributed by atoms with E-state index >= 15 is 0 Å².